The molecule has 0 bridgehead atoms. The summed E-state index contributed by atoms with van der Waals surface area (Å²) in [4.78, 5) is 16.2. The Hall–Kier alpha value is -3.95. The first-order valence-electron chi connectivity index (χ1n) is 8.09. The minimum atomic E-state index is -0.757. The summed E-state index contributed by atoms with van der Waals surface area (Å²) in [6.07, 6.45) is 1.50. The van der Waals surface area contributed by atoms with Crippen LogP contribution in [-0.4, -0.2) is 31.0 Å². The van der Waals surface area contributed by atoms with Crippen molar-refractivity contribution in [3.05, 3.63) is 71.8 Å². The minimum absolute atomic E-state index is 0.00222. The number of carbonyl (C=O) groups is 1. The standard InChI is InChI=1S/C18H12F2N6O2/c1-10-2-7-14(13(20)8-10)21-17(27)18-22-16(24-28-18)15-9-26(25-23-15)12-5-3-11(19)4-6-12/h2-9H,1H3,(H,21,27). The molecule has 2 heterocycles. The molecule has 1 N–H and O–H groups in total. The van der Waals surface area contributed by atoms with Gasteiger partial charge in [-0.05, 0) is 48.9 Å². The molecule has 4 aromatic rings. The highest BCUT2D eigenvalue weighted by molar-refractivity contribution is 6.01. The number of anilines is 1. The average Bonchev–Trinajstić information content (AvgIpc) is 3.34. The molecule has 8 nitrogen and oxygen atoms in total. The fourth-order valence-electron chi connectivity index (χ4n) is 2.40. The number of nitrogens with zero attached hydrogens (tertiary/aromatic N) is 5. The van der Waals surface area contributed by atoms with Crippen molar-refractivity contribution in [1.82, 2.24) is 25.1 Å². The summed E-state index contributed by atoms with van der Waals surface area (Å²) < 4.78 is 33.2. The van der Waals surface area contributed by atoms with Crippen molar-refractivity contribution >= 4 is 11.6 Å². The molecule has 0 aliphatic carbocycles. The number of carbonyl (C=O) groups excluding carboxylic acids is 1. The Balaban J connectivity index is 1.53. The Morgan fingerprint density at radius 1 is 1.14 bits per heavy atom. The van der Waals surface area contributed by atoms with Gasteiger partial charge in [-0.15, -0.1) is 5.10 Å². The average molecular weight is 382 g/mol. The van der Waals surface area contributed by atoms with Crippen LogP contribution in [-0.2, 0) is 0 Å². The van der Waals surface area contributed by atoms with E-state index in [2.05, 4.69) is 25.8 Å². The van der Waals surface area contributed by atoms with E-state index < -0.39 is 11.7 Å². The molecular formula is C18H12F2N6O2. The van der Waals surface area contributed by atoms with Crippen LogP contribution < -0.4 is 5.32 Å². The molecule has 0 spiro atoms. The number of halogens is 2. The van der Waals surface area contributed by atoms with Gasteiger partial charge in [0, 0.05) is 0 Å². The molecule has 2 aromatic carbocycles. The van der Waals surface area contributed by atoms with Crippen molar-refractivity contribution in [3.63, 3.8) is 0 Å². The molecular weight excluding hydrogens is 370 g/mol. The topological polar surface area (TPSA) is 98.7 Å². The first-order valence-corrected chi connectivity index (χ1v) is 8.09. The second-order valence-electron chi connectivity index (χ2n) is 5.89. The van der Waals surface area contributed by atoms with Gasteiger partial charge >= 0.3 is 11.8 Å². The van der Waals surface area contributed by atoms with E-state index in [0.717, 1.165) is 5.56 Å². The molecule has 0 atom stereocenters. The van der Waals surface area contributed by atoms with Crippen molar-refractivity contribution in [3.8, 4) is 17.2 Å². The third kappa shape index (κ3) is 3.47. The predicted molar refractivity (Wildman–Crippen MR) is 93.7 cm³/mol. The molecule has 0 saturated carbocycles. The van der Waals surface area contributed by atoms with Gasteiger partial charge < -0.3 is 9.84 Å². The summed E-state index contributed by atoms with van der Waals surface area (Å²) in [5.41, 5.74) is 1.54. The molecule has 10 heteroatoms. The van der Waals surface area contributed by atoms with Crippen molar-refractivity contribution in [2.75, 3.05) is 5.32 Å². The van der Waals surface area contributed by atoms with Gasteiger partial charge in [0.05, 0.1) is 17.6 Å². The van der Waals surface area contributed by atoms with Crippen molar-refractivity contribution < 1.29 is 18.1 Å². The second kappa shape index (κ2) is 6.99. The van der Waals surface area contributed by atoms with Crippen molar-refractivity contribution in [2.45, 2.75) is 6.92 Å². The summed E-state index contributed by atoms with van der Waals surface area (Å²) in [7, 11) is 0. The molecule has 0 aliphatic heterocycles. The van der Waals surface area contributed by atoms with E-state index >= 15 is 0 Å². The van der Waals surface area contributed by atoms with Crippen molar-refractivity contribution in [2.24, 2.45) is 0 Å². The zero-order chi connectivity index (χ0) is 19.7. The van der Waals surface area contributed by atoms with Crippen LogP contribution in [0.4, 0.5) is 14.5 Å². The van der Waals surface area contributed by atoms with Gasteiger partial charge in [0.25, 0.3) is 0 Å². The summed E-state index contributed by atoms with van der Waals surface area (Å²) >= 11 is 0. The van der Waals surface area contributed by atoms with E-state index in [1.165, 1.54) is 47.3 Å². The number of benzene rings is 2. The molecule has 4 rings (SSSR count). The fourth-order valence-corrected chi connectivity index (χ4v) is 2.40. The number of hydrogen-bond acceptors (Lipinski definition) is 6. The quantitative estimate of drug-likeness (QED) is 0.582. The van der Waals surface area contributed by atoms with Crippen LogP contribution in [0.1, 0.15) is 16.2 Å². The zero-order valence-electron chi connectivity index (χ0n) is 14.4. The molecule has 0 unspecified atom stereocenters. The first-order chi connectivity index (χ1) is 13.5. The third-order valence-corrected chi connectivity index (χ3v) is 3.81. The van der Waals surface area contributed by atoms with Crippen LogP contribution in [0.2, 0.25) is 0 Å². The largest absolute Gasteiger partial charge is 0.328 e. The molecule has 0 fully saturated rings. The fraction of sp³-hybridized carbons (Fsp3) is 0.0556. The van der Waals surface area contributed by atoms with E-state index in [1.54, 1.807) is 13.0 Å². The summed E-state index contributed by atoms with van der Waals surface area (Å²) in [5, 5.41) is 13.9. The lowest BCUT2D eigenvalue weighted by molar-refractivity contribution is 0.0981. The Morgan fingerprint density at radius 3 is 2.68 bits per heavy atom. The zero-order valence-corrected chi connectivity index (χ0v) is 14.4. The highest BCUT2D eigenvalue weighted by Gasteiger charge is 2.19. The lowest BCUT2D eigenvalue weighted by Crippen LogP contribution is -2.13. The third-order valence-electron chi connectivity index (χ3n) is 3.81. The predicted octanol–water partition coefficient (Wildman–Crippen LogP) is 3.16. The lowest BCUT2D eigenvalue weighted by atomic mass is 10.2. The highest BCUT2D eigenvalue weighted by atomic mass is 19.1. The van der Waals surface area contributed by atoms with Crippen molar-refractivity contribution in [1.29, 1.82) is 0 Å². The molecule has 28 heavy (non-hydrogen) atoms. The maximum absolute atomic E-state index is 13.9. The van der Waals surface area contributed by atoms with Crippen LogP contribution in [0.5, 0.6) is 0 Å². The monoisotopic (exact) mass is 382 g/mol. The van der Waals surface area contributed by atoms with Gasteiger partial charge in [-0.3, -0.25) is 4.79 Å². The number of aryl methyl sites for hydroxylation is 1. The van der Waals surface area contributed by atoms with E-state index in [-0.39, 0.29) is 28.9 Å². The van der Waals surface area contributed by atoms with Gasteiger partial charge in [-0.2, -0.15) is 4.98 Å². The smallest absolute Gasteiger partial charge is 0.316 e. The van der Waals surface area contributed by atoms with Gasteiger partial charge in [-0.25, -0.2) is 13.5 Å². The van der Waals surface area contributed by atoms with E-state index in [1.807, 2.05) is 0 Å². The number of rotatable bonds is 4. The highest BCUT2D eigenvalue weighted by Crippen LogP contribution is 2.18. The maximum Gasteiger partial charge on any atom is 0.316 e. The second-order valence-corrected chi connectivity index (χ2v) is 5.89. The van der Waals surface area contributed by atoms with Crippen LogP contribution in [0.25, 0.3) is 17.2 Å². The number of amides is 1. The van der Waals surface area contributed by atoms with Crippen LogP contribution in [0.15, 0.2) is 53.2 Å². The van der Waals surface area contributed by atoms with E-state index in [4.69, 9.17) is 4.52 Å². The molecule has 0 aliphatic rings. The van der Waals surface area contributed by atoms with Crippen LogP contribution in [0, 0.1) is 18.6 Å². The number of hydrogen-bond donors (Lipinski definition) is 1. The number of nitrogens with one attached hydrogen (secondary N) is 1. The first kappa shape index (κ1) is 17.5. The van der Waals surface area contributed by atoms with E-state index in [9.17, 15) is 13.6 Å². The van der Waals surface area contributed by atoms with Gasteiger partial charge in [-0.1, -0.05) is 16.4 Å². The van der Waals surface area contributed by atoms with Crippen LogP contribution in [0.3, 0.4) is 0 Å². The number of aromatic nitrogens is 5. The molecule has 0 saturated heterocycles. The molecule has 2 aromatic heterocycles. The van der Waals surface area contributed by atoms with Gasteiger partial charge in [0.15, 0.2) is 5.69 Å². The Bertz CT molecular complexity index is 1150. The van der Waals surface area contributed by atoms with Gasteiger partial charge in [0.2, 0.25) is 5.82 Å². The Morgan fingerprint density at radius 2 is 1.93 bits per heavy atom. The Kier molecular flexibility index (Phi) is 4.36. The molecule has 0 radical (unpaired) electrons. The molecule has 140 valence electrons. The summed E-state index contributed by atoms with van der Waals surface area (Å²) in [5.74, 6) is -2.03. The summed E-state index contributed by atoms with van der Waals surface area (Å²) in [6, 6.07) is 10.0. The molecule has 1 amide bonds. The lowest BCUT2D eigenvalue weighted by Gasteiger charge is -2.04. The van der Waals surface area contributed by atoms with E-state index in [0.29, 0.717) is 5.69 Å². The normalized spacial score (nSPS) is 10.8. The maximum atomic E-state index is 13.9. The minimum Gasteiger partial charge on any atom is -0.328 e. The van der Waals surface area contributed by atoms with Crippen LogP contribution >= 0.6 is 0 Å². The van der Waals surface area contributed by atoms with Gasteiger partial charge in [0.1, 0.15) is 11.6 Å². The summed E-state index contributed by atoms with van der Waals surface area (Å²) in [6.45, 7) is 1.73. The SMILES string of the molecule is Cc1ccc(NC(=O)c2nc(-c3cn(-c4ccc(F)cc4)nn3)no2)c(F)c1. The Labute approximate surface area is 156 Å².